The van der Waals surface area contributed by atoms with Crippen LogP contribution in [0.4, 0.5) is 0 Å². The minimum absolute atomic E-state index is 0.567. The molecule has 0 amide bonds. The van der Waals surface area contributed by atoms with Crippen LogP contribution in [0.25, 0.3) is 0 Å². The highest BCUT2D eigenvalue weighted by atomic mass is 16.5. The number of hydrogen-bond donors (Lipinski definition) is 0. The molecule has 0 atom stereocenters. The van der Waals surface area contributed by atoms with Gasteiger partial charge in [-0.2, -0.15) is 0 Å². The summed E-state index contributed by atoms with van der Waals surface area (Å²) in [6.45, 7) is 10.5. The maximum Gasteiger partial charge on any atom is 0.0604 e. The van der Waals surface area contributed by atoms with Gasteiger partial charge in [-0.05, 0) is 88.6 Å². The van der Waals surface area contributed by atoms with Gasteiger partial charge in [-0.3, -0.25) is 0 Å². The van der Waals surface area contributed by atoms with Crippen molar-refractivity contribution in [2.75, 3.05) is 19.7 Å². The molecule has 21 heavy (non-hydrogen) atoms. The number of hydrogen-bond acceptors (Lipinski definition) is 2. The second-order valence-electron chi connectivity index (χ2n) is 8.32. The first-order chi connectivity index (χ1) is 10.1. The average Bonchev–Trinajstić information content (AvgIpc) is 2.44. The molecule has 1 aliphatic heterocycles. The van der Waals surface area contributed by atoms with Gasteiger partial charge in [-0.1, -0.05) is 13.8 Å². The van der Waals surface area contributed by atoms with Gasteiger partial charge >= 0.3 is 0 Å². The van der Waals surface area contributed by atoms with Crippen molar-refractivity contribution in [2.24, 2.45) is 17.3 Å². The Morgan fingerprint density at radius 3 is 2.19 bits per heavy atom. The summed E-state index contributed by atoms with van der Waals surface area (Å²) in [5.74, 6) is 1.90. The third-order valence-corrected chi connectivity index (χ3v) is 6.88. The third kappa shape index (κ3) is 3.47. The van der Waals surface area contributed by atoms with Crippen LogP contribution >= 0.6 is 0 Å². The van der Waals surface area contributed by atoms with Crippen LogP contribution in [-0.4, -0.2) is 36.7 Å². The maximum absolute atomic E-state index is 5.72. The molecule has 0 aromatic rings. The van der Waals surface area contributed by atoms with E-state index in [4.69, 9.17) is 4.74 Å². The second kappa shape index (κ2) is 6.58. The first-order valence-electron chi connectivity index (χ1n) is 9.47. The van der Waals surface area contributed by atoms with Gasteiger partial charge < -0.3 is 9.64 Å². The van der Waals surface area contributed by atoms with E-state index in [1.165, 1.54) is 64.5 Å². The number of ether oxygens (including phenoxy) is 1. The fourth-order valence-corrected chi connectivity index (χ4v) is 4.99. The number of piperidine rings is 1. The van der Waals surface area contributed by atoms with E-state index in [-0.39, 0.29) is 0 Å². The van der Waals surface area contributed by atoms with Crippen molar-refractivity contribution >= 4 is 0 Å². The minimum atomic E-state index is 0.567. The largest absolute Gasteiger partial charge is 0.378 e. The van der Waals surface area contributed by atoms with Crippen molar-refractivity contribution in [1.29, 1.82) is 0 Å². The molecule has 122 valence electrons. The lowest BCUT2D eigenvalue weighted by atomic mass is 9.63. The van der Waals surface area contributed by atoms with Crippen LogP contribution in [0.2, 0.25) is 0 Å². The van der Waals surface area contributed by atoms with Crippen molar-refractivity contribution in [3.8, 4) is 0 Å². The van der Waals surface area contributed by atoms with Gasteiger partial charge in [0.2, 0.25) is 0 Å². The lowest BCUT2D eigenvalue weighted by Gasteiger charge is -2.51. The molecule has 2 heteroatoms. The zero-order chi connectivity index (χ0) is 14.9. The van der Waals surface area contributed by atoms with Gasteiger partial charge in [0.05, 0.1) is 6.10 Å². The molecule has 0 unspecified atom stereocenters. The average molecular weight is 293 g/mol. The number of nitrogens with zero attached hydrogens (tertiary/aromatic N) is 1. The Morgan fingerprint density at radius 2 is 1.67 bits per heavy atom. The van der Waals surface area contributed by atoms with Crippen molar-refractivity contribution < 1.29 is 4.74 Å². The van der Waals surface area contributed by atoms with Crippen LogP contribution in [0.15, 0.2) is 0 Å². The molecule has 1 spiro atoms. The van der Waals surface area contributed by atoms with Crippen LogP contribution in [-0.2, 0) is 4.74 Å². The molecule has 3 fully saturated rings. The van der Waals surface area contributed by atoms with Gasteiger partial charge in [0, 0.05) is 12.6 Å². The van der Waals surface area contributed by atoms with Crippen molar-refractivity contribution in [3.05, 3.63) is 0 Å². The van der Waals surface area contributed by atoms with Crippen LogP contribution in [0, 0.1) is 17.3 Å². The predicted octanol–water partition coefficient (Wildman–Crippen LogP) is 4.48. The summed E-state index contributed by atoms with van der Waals surface area (Å²) in [5, 5.41) is 0. The van der Waals surface area contributed by atoms with Gasteiger partial charge in [-0.15, -0.1) is 0 Å². The van der Waals surface area contributed by atoms with E-state index in [1.807, 2.05) is 0 Å². The summed E-state index contributed by atoms with van der Waals surface area (Å²) in [4.78, 5) is 2.77. The van der Waals surface area contributed by atoms with Crippen LogP contribution < -0.4 is 0 Å². The molecule has 0 aromatic heterocycles. The normalized spacial score (nSPS) is 34.3. The topological polar surface area (TPSA) is 12.5 Å². The Labute approximate surface area is 131 Å². The van der Waals surface area contributed by atoms with Crippen LogP contribution in [0.5, 0.6) is 0 Å². The van der Waals surface area contributed by atoms with Gasteiger partial charge in [-0.25, -0.2) is 0 Å². The zero-order valence-corrected chi connectivity index (χ0v) is 14.4. The van der Waals surface area contributed by atoms with E-state index in [9.17, 15) is 0 Å². The SMILES string of the molecule is CCOC1CC(N2CCC3(CCC(C(C)C)CC3)CC2)C1. The van der Waals surface area contributed by atoms with Crippen molar-refractivity contribution in [2.45, 2.75) is 84.3 Å². The standard InChI is InChI=1S/C19H35NO/c1-4-21-18-13-17(14-18)20-11-9-19(10-12-20)7-5-16(6-8-19)15(2)3/h15-18H,4-14H2,1-3H3. The molecule has 1 heterocycles. The van der Waals surface area contributed by atoms with Crippen LogP contribution in [0.3, 0.4) is 0 Å². The first-order valence-corrected chi connectivity index (χ1v) is 9.47. The number of rotatable bonds is 4. The fraction of sp³-hybridized carbons (Fsp3) is 1.00. The summed E-state index contributed by atoms with van der Waals surface area (Å²) in [6, 6.07) is 0.839. The minimum Gasteiger partial charge on any atom is -0.378 e. The molecular formula is C19H35NO. The molecule has 2 nitrogen and oxygen atoms in total. The van der Waals surface area contributed by atoms with Crippen molar-refractivity contribution in [3.63, 3.8) is 0 Å². The highest BCUT2D eigenvalue weighted by molar-refractivity contribution is 4.95. The molecule has 3 rings (SSSR count). The molecule has 0 N–H and O–H groups in total. The Bertz CT molecular complexity index is 316. The summed E-state index contributed by atoms with van der Waals surface area (Å²) in [5.41, 5.74) is 0.727. The molecule has 0 aromatic carbocycles. The summed E-state index contributed by atoms with van der Waals surface area (Å²) in [7, 11) is 0. The molecule has 0 bridgehead atoms. The molecule has 2 aliphatic carbocycles. The Kier molecular flexibility index (Phi) is 4.95. The quantitative estimate of drug-likeness (QED) is 0.757. The maximum atomic E-state index is 5.72. The fourth-order valence-electron chi connectivity index (χ4n) is 4.99. The van der Waals surface area contributed by atoms with Crippen LogP contribution in [0.1, 0.15) is 72.1 Å². The van der Waals surface area contributed by atoms with E-state index in [1.54, 1.807) is 0 Å². The zero-order valence-electron chi connectivity index (χ0n) is 14.4. The molecule has 2 saturated carbocycles. The summed E-state index contributed by atoms with van der Waals surface area (Å²) < 4.78 is 5.72. The third-order valence-electron chi connectivity index (χ3n) is 6.88. The van der Waals surface area contributed by atoms with E-state index in [0.717, 1.165) is 29.9 Å². The van der Waals surface area contributed by atoms with E-state index >= 15 is 0 Å². The molecule has 0 radical (unpaired) electrons. The summed E-state index contributed by atoms with van der Waals surface area (Å²) >= 11 is 0. The van der Waals surface area contributed by atoms with Crippen molar-refractivity contribution in [1.82, 2.24) is 4.90 Å². The van der Waals surface area contributed by atoms with E-state index < -0.39 is 0 Å². The van der Waals surface area contributed by atoms with Gasteiger partial charge in [0.15, 0.2) is 0 Å². The van der Waals surface area contributed by atoms with E-state index in [2.05, 4.69) is 25.7 Å². The smallest absolute Gasteiger partial charge is 0.0604 e. The predicted molar refractivity (Wildman–Crippen MR) is 88.5 cm³/mol. The Hall–Kier alpha value is -0.0800. The monoisotopic (exact) mass is 293 g/mol. The molecular weight excluding hydrogens is 258 g/mol. The van der Waals surface area contributed by atoms with E-state index in [0.29, 0.717) is 6.10 Å². The van der Waals surface area contributed by atoms with Gasteiger partial charge in [0.1, 0.15) is 0 Å². The first kappa shape index (κ1) is 15.8. The summed E-state index contributed by atoms with van der Waals surface area (Å²) in [6.07, 6.45) is 12.1. The highest BCUT2D eigenvalue weighted by Crippen LogP contribution is 2.48. The lowest BCUT2D eigenvalue weighted by molar-refractivity contribution is -0.0654. The second-order valence-corrected chi connectivity index (χ2v) is 8.32. The Morgan fingerprint density at radius 1 is 1.05 bits per heavy atom. The Balaban J connectivity index is 1.42. The lowest BCUT2D eigenvalue weighted by Crippen LogP contribution is -2.53. The number of likely N-dealkylation sites (tertiary alicyclic amines) is 1. The highest BCUT2D eigenvalue weighted by Gasteiger charge is 2.42. The molecule has 3 aliphatic rings. The van der Waals surface area contributed by atoms with Gasteiger partial charge in [0.25, 0.3) is 0 Å². The molecule has 1 saturated heterocycles.